The van der Waals surface area contributed by atoms with Crippen LogP contribution >= 0.6 is 0 Å². The van der Waals surface area contributed by atoms with Gasteiger partial charge >= 0.3 is 0 Å². The van der Waals surface area contributed by atoms with Gasteiger partial charge in [-0.2, -0.15) is 0 Å². The molecule has 0 radical (unpaired) electrons. The standard InChI is InChI=1S/C23H32N4O/c1-7-10-27(11-12-28-6)19-9-8-18(21-22(19)26(5)23(24)25-21)20-16(3)13-15(2)14-17(20)4/h8-9,13-14H,7,10-12H2,1-6H3,(H2,24,25). The Labute approximate surface area is 168 Å². The lowest BCUT2D eigenvalue weighted by Crippen LogP contribution is -2.28. The third kappa shape index (κ3) is 3.59. The van der Waals surface area contributed by atoms with Gasteiger partial charge in [0.05, 0.1) is 17.8 Å². The first-order valence-electron chi connectivity index (χ1n) is 9.96. The molecule has 2 N–H and O–H groups in total. The average Bonchev–Trinajstić information content (AvgIpc) is 2.93. The summed E-state index contributed by atoms with van der Waals surface area (Å²) in [6.45, 7) is 11.2. The van der Waals surface area contributed by atoms with Crippen LogP contribution in [0.15, 0.2) is 24.3 Å². The van der Waals surface area contributed by atoms with Crippen molar-refractivity contribution in [2.45, 2.75) is 34.1 Å². The number of benzene rings is 2. The molecule has 1 aromatic heterocycles. The molecule has 0 unspecified atom stereocenters. The predicted molar refractivity (Wildman–Crippen MR) is 119 cm³/mol. The molecule has 0 spiro atoms. The van der Waals surface area contributed by atoms with Crippen LogP contribution in [0.3, 0.4) is 0 Å². The topological polar surface area (TPSA) is 56.3 Å². The van der Waals surface area contributed by atoms with E-state index in [9.17, 15) is 0 Å². The van der Waals surface area contributed by atoms with Crippen molar-refractivity contribution in [2.24, 2.45) is 7.05 Å². The molecule has 0 aliphatic carbocycles. The van der Waals surface area contributed by atoms with E-state index in [1.807, 2.05) is 11.6 Å². The van der Waals surface area contributed by atoms with Gasteiger partial charge in [-0.3, -0.25) is 0 Å². The average molecular weight is 381 g/mol. The molecule has 0 bridgehead atoms. The van der Waals surface area contributed by atoms with E-state index in [1.165, 1.54) is 22.3 Å². The minimum Gasteiger partial charge on any atom is -0.383 e. The van der Waals surface area contributed by atoms with E-state index in [-0.39, 0.29) is 0 Å². The zero-order valence-corrected chi connectivity index (χ0v) is 18.0. The SMILES string of the molecule is CCCN(CCOC)c1ccc(-c2c(C)cc(C)cc2C)c2nc(N)n(C)c12. The molecule has 28 heavy (non-hydrogen) atoms. The van der Waals surface area contributed by atoms with Crippen LogP contribution in [0.5, 0.6) is 0 Å². The molecule has 0 saturated heterocycles. The molecule has 5 nitrogen and oxygen atoms in total. The van der Waals surface area contributed by atoms with Gasteiger partial charge in [-0.15, -0.1) is 0 Å². The number of ether oxygens (including phenoxy) is 1. The first-order chi connectivity index (χ1) is 13.4. The number of rotatable bonds is 7. The second kappa shape index (κ2) is 8.23. The summed E-state index contributed by atoms with van der Waals surface area (Å²) < 4.78 is 7.34. The Morgan fingerprint density at radius 3 is 2.39 bits per heavy atom. The summed E-state index contributed by atoms with van der Waals surface area (Å²) in [5.41, 5.74) is 15.7. The second-order valence-corrected chi connectivity index (χ2v) is 7.61. The Hall–Kier alpha value is -2.53. The maximum atomic E-state index is 6.25. The largest absolute Gasteiger partial charge is 0.383 e. The van der Waals surface area contributed by atoms with Crippen LogP contribution in [0, 0.1) is 20.8 Å². The van der Waals surface area contributed by atoms with Crippen molar-refractivity contribution in [1.29, 1.82) is 0 Å². The van der Waals surface area contributed by atoms with E-state index in [0.717, 1.165) is 41.8 Å². The van der Waals surface area contributed by atoms with Crippen LogP contribution in [0.4, 0.5) is 11.6 Å². The summed E-state index contributed by atoms with van der Waals surface area (Å²) >= 11 is 0. The number of nitrogen functional groups attached to an aromatic ring is 1. The highest BCUT2D eigenvalue weighted by atomic mass is 16.5. The molecular formula is C23H32N4O. The Kier molecular flexibility index (Phi) is 5.94. The van der Waals surface area contributed by atoms with Crippen molar-refractivity contribution in [3.63, 3.8) is 0 Å². The van der Waals surface area contributed by atoms with Gasteiger partial charge in [-0.05, 0) is 56.0 Å². The highest BCUT2D eigenvalue weighted by molar-refractivity contribution is 6.02. The molecule has 0 fully saturated rings. The molecule has 0 amide bonds. The predicted octanol–water partition coefficient (Wildman–Crippen LogP) is 4.61. The molecule has 0 saturated carbocycles. The molecule has 0 aliphatic heterocycles. The normalized spacial score (nSPS) is 11.4. The fraction of sp³-hybridized carbons (Fsp3) is 0.435. The van der Waals surface area contributed by atoms with Crippen LogP contribution in [-0.2, 0) is 11.8 Å². The monoisotopic (exact) mass is 380 g/mol. The van der Waals surface area contributed by atoms with Crippen LogP contribution in [0.25, 0.3) is 22.2 Å². The van der Waals surface area contributed by atoms with Gasteiger partial charge in [0.2, 0.25) is 5.95 Å². The Morgan fingerprint density at radius 1 is 1.11 bits per heavy atom. The van der Waals surface area contributed by atoms with Crippen LogP contribution < -0.4 is 10.6 Å². The number of nitrogens with zero attached hydrogens (tertiary/aromatic N) is 3. The summed E-state index contributed by atoms with van der Waals surface area (Å²) in [5.74, 6) is 0.536. The van der Waals surface area contributed by atoms with Crippen molar-refractivity contribution < 1.29 is 4.74 Å². The van der Waals surface area contributed by atoms with E-state index in [2.05, 4.69) is 56.9 Å². The number of imidazole rings is 1. The van der Waals surface area contributed by atoms with Crippen molar-refractivity contribution in [3.8, 4) is 11.1 Å². The minimum atomic E-state index is 0.536. The Morgan fingerprint density at radius 2 is 1.79 bits per heavy atom. The number of fused-ring (bicyclic) bond motifs is 1. The van der Waals surface area contributed by atoms with Crippen molar-refractivity contribution in [2.75, 3.05) is 37.4 Å². The molecule has 3 rings (SSSR count). The molecular weight excluding hydrogens is 348 g/mol. The minimum absolute atomic E-state index is 0.536. The van der Waals surface area contributed by atoms with E-state index in [0.29, 0.717) is 12.6 Å². The van der Waals surface area contributed by atoms with Crippen molar-refractivity contribution >= 4 is 22.7 Å². The van der Waals surface area contributed by atoms with E-state index in [1.54, 1.807) is 7.11 Å². The number of nitrogens with two attached hydrogens (primary N) is 1. The summed E-state index contributed by atoms with van der Waals surface area (Å²) in [6, 6.07) is 8.87. The van der Waals surface area contributed by atoms with Crippen LogP contribution in [-0.4, -0.2) is 36.4 Å². The first kappa shape index (κ1) is 20.2. The number of hydrogen-bond acceptors (Lipinski definition) is 4. The third-order valence-electron chi connectivity index (χ3n) is 5.38. The zero-order valence-electron chi connectivity index (χ0n) is 18.0. The number of aromatic nitrogens is 2. The maximum Gasteiger partial charge on any atom is 0.201 e. The third-order valence-corrected chi connectivity index (χ3v) is 5.38. The Bertz CT molecular complexity index is 967. The second-order valence-electron chi connectivity index (χ2n) is 7.61. The van der Waals surface area contributed by atoms with Gasteiger partial charge in [0.15, 0.2) is 0 Å². The highest BCUT2D eigenvalue weighted by Gasteiger charge is 2.20. The summed E-state index contributed by atoms with van der Waals surface area (Å²) in [5, 5.41) is 0. The molecule has 150 valence electrons. The van der Waals surface area contributed by atoms with E-state index in [4.69, 9.17) is 15.5 Å². The van der Waals surface area contributed by atoms with E-state index < -0.39 is 0 Å². The number of hydrogen-bond donors (Lipinski definition) is 1. The molecule has 2 aromatic carbocycles. The number of methoxy groups -OCH3 is 1. The van der Waals surface area contributed by atoms with Gasteiger partial charge in [-0.25, -0.2) is 4.98 Å². The van der Waals surface area contributed by atoms with E-state index >= 15 is 0 Å². The fourth-order valence-corrected chi connectivity index (χ4v) is 4.20. The first-order valence-corrected chi connectivity index (χ1v) is 9.96. The van der Waals surface area contributed by atoms with Crippen LogP contribution in [0.2, 0.25) is 0 Å². The van der Waals surface area contributed by atoms with Crippen LogP contribution in [0.1, 0.15) is 30.0 Å². The summed E-state index contributed by atoms with van der Waals surface area (Å²) in [4.78, 5) is 7.13. The molecule has 3 aromatic rings. The van der Waals surface area contributed by atoms with Gasteiger partial charge < -0.3 is 19.9 Å². The smallest absolute Gasteiger partial charge is 0.201 e. The zero-order chi connectivity index (χ0) is 20.4. The quantitative estimate of drug-likeness (QED) is 0.650. The summed E-state index contributed by atoms with van der Waals surface area (Å²) in [6.07, 6.45) is 1.07. The van der Waals surface area contributed by atoms with Crippen molar-refractivity contribution in [3.05, 3.63) is 41.0 Å². The molecule has 0 aliphatic rings. The summed E-state index contributed by atoms with van der Waals surface area (Å²) in [7, 11) is 3.74. The van der Waals surface area contributed by atoms with Gasteiger partial charge in [0.25, 0.3) is 0 Å². The van der Waals surface area contributed by atoms with Gasteiger partial charge in [0, 0.05) is 32.8 Å². The molecule has 1 heterocycles. The molecule has 0 atom stereocenters. The maximum absolute atomic E-state index is 6.25. The Balaban J connectivity index is 2.26. The number of aryl methyl sites for hydroxylation is 4. The van der Waals surface area contributed by atoms with Crippen molar-refractivity contribution in [1.82, 2.24) is 9.55 Å². The lowest BCUT2D eigenvalue weighted by molar-refractivity contribution is 0.205. The van der Waals surface area contributed by atoms with Gasteiger partial charge in [0.1, 0.15) is 5.52 Å². The lowest BCUT2D eigenvalue weighted by atomic mass is 9.92. The van der Waals surface area contributed by atoms with Gasteiger partial charge in [-0.1, -0.05) is 24.6 Å². The lowest BCUT2D eigenvalue weighted by Gasteiger charge is -2.26. The molecule has 5 heteroatoms. The number of anilines is 2. The fourth-order valence-electron chi connectivity index (χ4n) is 4.20. The highest BCUT2D eigenvalue weighted by Crippen LogP contribution is 2.38.